The Morgan fingerprint density at radius 1 is 1.29 bits per heavy atom. The van der Waals surface area contributed by atoms with Crippen LogP contribution < -0.4 is 10.2 Å². The molecule has 1 amide bonds. The summed E-state index contributed by atoms with van der Waals surface area (Å²) in [6.45, 7) is 4.20. The van der Waals surface area contributed by atoms with Gasteiger partial charge in [-0.25, -0.2) is 4.98 Å². The summed E-state index contributed by atoms with van der Waals surface area (Å²) in [4.78, 5) is 21.1. The van der Waals surface area contributed by atoms with Crippen molar-refractivity contribution in [2.24, 2.45) is 0 Å². The van der Waals surface area contributed by atoms with Gasteiger partial charge in [0.1, 0.15) is 0 Å². The molecule has 1 fully saturated rings. The van der Waals surface area contributed by atoms with Crippen molar-refractivity contribution in [1.82, 2.24) is 9.88 Å². The van der Waals surface area contributed by atoms with E-state index in [2.05, 4.69) is 15.2 Å². The molecule has 0 saturated carbocycles. The van der Waals surface area contributed by atoms with Crippen molar-refractivity contribution in [2.45, 2.75) is 6.54 Å². The molecule has 128 valence electrons. The van der Waals surface area contributed by atoms with Crippen LogP contribution in [0.25, 0.3) is 0 Å². The molecule has 0 unspecified atom stereocenters. The van der Waals surface area contributed by atoms with E-state index >= 15 is 0 Å². The average Bonchev–Trinajstić information content (AvgIpc) is 3.02. The van der Waals surface area contributed by atoms with Gasteiger partial charge in [0.25, 0.3) is 5.91 Å². The van der Waals surface area contributed by atoms with Gasteiger partial charge < -0.3 is 9.64 Å². The van der Waals surface area contributed by atoms with Crippen molar-refractivity contribution >= 4 is 28.1 Å². The number of morpholine rings is 1. The second-order valence-corrected chi connectivity index (χ2v) is 6.79. The Kier molecular flexibility index (Phi) is 5.44. The molecule has 1 aromatic heterocycles. The Labute approximate surface area is 146 Å². The third-order valence-electron chi connectivity index (χ3n) is 3.91. The van der Waals surface area contributed by atoms with Crippen LogP contribution in [-0.2, 0) is 11.3 Å². The number of benzene rings is 1. The molecular formula is C17H22N4O2S. The number of ether oxygens (including phenoxy) is 1. The molecule has 2 heterocycles. The first-order valence-corrected chi connectivity index (χ1v) is 8.83. The Bertz CT molecular complexity index is 678. The first kappa shape index (κ1) is 16.9. The van der Waals surface area contributed by atoms with Crippen LogP contribution in [0.5, 0.6) is 0 Å². The summed E-state index contributed by atoms with van der Waals surface area (Å²) < 4.78 is 5.35. The summed E-state index contributed by atoms with van der Waals surface area (Å²) in [7, 11) is 3.95. The van der Waals surface area contributed by atoms with Gasteiger partial charge in [-0.05, 0) is 24.3 Å². The quantitative estimate of drug-likeness (QED) is 0.900. The molecule has 1 saturated heterocycles. The van der Waals surface area contributed by atoms with Crippen LogP contribution in [0.15, 0.2) is 29.6 Å². The second kappa shape index (κ2) is 7.74. The molecule has 3 rings (SSSR count). The predicted octanol–water partition coefficient (Wildman–Crippen LogP) is 2.29. The van der Waals surface area contributed by atoms with Gasteiger partial charge in [0, 0.05) is 50.4 Å². The van der Waals surface area contributed by atoms with Crippen LogP contribution >= 0.6 is 11.3 Å². The zero-order valence-electron chi connectivity index (χ0n) is 14.0. The summed E-state index contributed by atoms with van der Waals surface area (Å²) in [6.07, 6.45) is 0. The molecule has 1 N–H and O–H groups in total. The Balaban J connectivity index is 1.58. The monoisotopic (exact) mass is 346 g/mol. The van der Waals surface area contributed by atoms with Gasteiger partial charge >= 0.3 is 0 Å². The summed E-state index contributed by atoms with van der Waals surface area (Å²) >= 11 is 1.46. The lowest BCUT2D eigenvalue weighted by molar-refractivity contribution is 0.0337. The summed E-state index contributed by atoms with van der Waals surface area (Å²) in [5.41, 5.74) is 2.68. The van der Waals surface area contributed by atoms with Gasteiger partial charge in [0.2, 0.25) is 0 Å². The largest absolute Gasteiger partial charge is 0.379 e. The zero-order chi connectivity index (χ0) is 16.9. The molecule has 0 bridgehead atoms. The van der Waals surface area contributed by atoms with Gasteiger partial charge in [-0.2, -0.15) is 0 Å². The Morgan fingerprint density at radius 2 is 2.00 bits per heavy atom. The average molecular weight is 346 g/mol. The van der Waals surface area contributed by atoms with Crippen molar-refractivity contribution in [3.8, 4) is 0 Å². The van der Waals surface area contributed by atoms with Gasteiger partial charge in [-0.3, -0.25) is 15.0 Å². The highest BCUT2D eigenvalue weighted by atomic mass is 32.1. The lowest BCUT2D eigenvalue weighted by Gasteiger charge is -2.25. The summed E-state index contributed by atoms with van der Waals surface area (Å²) in [5.74, 6) is -0.132. The molecule has 7 heteroatoms. The van der Waals surface area contributed by atoms with Crippen LogP contribution in [0.3, 0.4) is 0 Å². The van der Waals surface area contributed by atoms with Gasteiger partial charge in [-0.1, -0.05) is 0 Å². The number of amides is 1. The normalized spacial score (nSPS) is 15.2. The highest BCUT2D eigenvalue weighted by molar-refractivity contribution is 7.13. The third kappa shape index (κ3) is 4.31. The fourth-order valence-electron chi connectivity index (χ4n) is 2.51. The fraction of sp³-hybridized carbons (Fsp3) is 0.412. The van der Waals surface area contributed by atoms with Crippen LogP contribution in [0.4, 0.5) is 10.8 Å². The smallest absolute Gasteiger partial charge is 0.257 e. The summed E-state index contributed by atoms with van der Waals surface area (Å²) in [5, 5.41) is 5.52. The molecule has 0 spiro atoms. The minimum Gasteiger partial charge on any atom is -0.379 e. The van der Waals surface area contributed by atoms with E-state index in [4.69, 9.17) is 4.74 Å². The van der Waals surface area contributed by atoms with Gasteiger partial charge in [-0.15, -0.1) is 11.3 Å². The number of anilines is 2. The van der Waals surface area contributed by atoms with Crippen molar-refractivity contribution in [3.63, 3.8) is 0 Å². The highest BCUT2D eigenvalue weighted by Crippen LogP contribution is 2.19. The standard InChI is InChI=1S/C17H22N4O2S/c1-20(2)15-5-3-13(4-6-15)16(22)19-17-18-14(12-24-17)11-21-7-9-23-10-8-21/h3-6,12H,7-11H2,1-2H3,(H,18,19,22). The van der Waals surface area contributed by atoms with E-state index in [1.165, 1.54) is 11.3 Å². The number of thiazole rings is 1. The van der Waals surface area contributed by atoms with Crippen LogP contribution in [0.1, 0.15) is 16.1 Å². The summed E-state index contributed by atoms with van der Waals surface area (Å²) in [6, 6.07) is 7.51. The first-order chi connectivity index (χ1) is 11.6. The molecule has 0 radical (unpaired) electrons. The van der Waals surface area contributed by atoms with Crippen molar-refractivity contribution in [3.05, 3.63) is 40.9 Å². The molecule has 1 aliphatic rings. The molecular weight excluding hydrogens is 324 g/mol. The molecule has 1 aromatic carbocycles. The first-order valence-electron chi connectivity index (χ1n) is 7.95. The number of nitrogens with zero attached hydrogens (tertiary/aromatic N) is 3. The minimum absolute atomic E-state index is 0.132. The molecule has 0 atom stereocenters. The SMILES string of the molecule is CN(C)c1ccc(C(=O)Nc2nc(CN3CCOCC3)cs2)cc1. The number of carbonyl (C=O) groups is 1. The second-order valence-electron chi connectivity index (χ2n) is 5.93. The third-order valence-corrected chi connectivity index (χ3v) is 4.71. The minimum atomic E-state index is -0.132. The van der Waals surface area contributed by atoms with Crippen LogP contribution in [-0.4, -0.2) is 56.2 Å². The number of hydrogen-bond acceptors (Lipinski definition) is 6. The lowest BCUT2D eigenvalue weighted by Crippen LogP contribution is -2.35. The van der Waals surface area contributed by atoms with Crippen molar-refractivity contribution < 1.29 is 9.53 Å². The Hall–Kier alpha value is -1.96. The van der Waals surface area contributed by atoms with E-state index in [-0.39, 0.29) is 5.91 Å². The van der Waals surface area contributed by atoms with Gasteiger partial charge in [0.15, 0.2) is 5.13 Å². The predicted molar refractivity (Wildman–Crippen MR) is 96.9 cm³/mol. The van der Waals surface area contributed by atoms with Gasteiger partial charge in [0.05, 0.1) is 18.9 Å². The van der Waals surface area contributed by atoms with Crippen LogP contribution in [0, 0.1) is 0 Å². The zero-order valence-corrected chi connectivity index (χ0v) is 14.8. The maximum atomic E-state index is 12.3. The maximum absolute atomic E-state index is 12.3. The molecule has 6 nitrogen and oxygen atoms in total. The van der Waals surface area contributed by atoms with Crippen LogP contribution in [0.2, 0.25) is 0 Å². The Morgan fingerprint density at radius 3 is 2.67 bits per heavy atom. The lowest BCUT2D eigenvalue weighted by atomic mass is 10.2. The van der Waals surface area contributed by atoms with Crippen molar-refractivity contribution in [2.75, 3.05) is 50.6 Å². The number of hydrogen-bond donors (Lipinski definition) is 1. The fourth-order valence-corrected chi connectivity index (χ4v) is 3.20. The number of aromatic nitrogens is 1. The topological polar surface area (TPSA) is 57.7 Å². The maximum Gasteiger partial charge on any atom is 0.257 e. The van der Waals surface area contributed by atoms with E-state index in [0.717, 1.165) is 44.2 Å². The number of nitrogens with one attached hydrogen (secondary N) is 1. The molecule has 2 aromatic rings. The van der Waals surface area contributed by atoms with E-state index in [0.29, 0.717) is 10.7 Å². The molecule has 24 heavy (non-hydrogen) atoms. The number of rotatable bonds is 5. The highest BCUT2D eigenvalue weighted by Gasteiger charge is 2.14. The van der Waals surface area contributed by atoms with Crippen molar-refractivity contribution in [1.29, 1.82) is 0 Å². The van der Waals surface area contributed by atoms with E-state index in [1.54, 1.807) is 0 Å². The van der Waals surface area contributed by atoms with E-state index in [1.807, 2.05) is 48.6 Å². The van der Waals surface area contributed by atoms with E-state index < -0.39 is 0 Å². The van der Waals surface area contributed by atoms with E-state index in [9.17, 15) is 4.79 Å². The number of carbonyl (C=O) groups excluding carboxylic acids is 1. The molecule has 1 aliphatic heterocycles. The molecule has 0 aliphatic carbocycles.